The first kappa shape index (κ1) is 11.7. The molecule has 0 atom stereocenters. The van der Waals surface area contributed by atoms with Gasteiger partial charge in [0, 0.05) is 12.4 Å². The van der Waals surface area contributed by atoms with Gasteiger partial charge < -0.3 is 10.4 Å². The molecule has 0 aliphatic rings. The molecule has 0 bridgehead atoms. The van der Waals surface area contributed by atoms with Gasteiger partial charge in [-0.3, -0.25) is 9.97 Å². The summed E-state index contributed by atoms with van der Waals surface area (Å²) in [6.07, 6.45) is 3.10. The van der Waals surface area contributed by atoms with E-state index in [1.807, 2.05) is 0 Å². The first-order chi connectivity index (χ1) is 8.86. The zero-order chi connectivity index (χ0) is 12.8. The number of nitrogens with zero attached hydrogens (tertiary/aromatic N) is 4. The quantitative estimate of drug-likeness (QED) is 0.485. The molecular formula is C12H10N4O2. The van der Waals surface area contributed by atoms with Gasteiger partial charge >= 0.3 is 0 Å². The lowest BCUT2D eigenvalue weighted by Gasteiger charge is -2.05. The van der Waals surface area contributed by atoms with E-state index in [2.05, 4.69) is 20.3 Å². The molecule has 0 amide bonds. The van der Waals surface area contributed by atoms with Gasteiger partial charge in [0.2, 0.25) is 0 Å². The van der Waals surface area contributed by atoms with Crippen molar-refractivity contribution in [3.05, 3.63) is 60.2 Å². The Morgan fingerprint density at radius 2 is 1.22 bits per heavy atom. The highest BCUT2D eigenvalue weighted by Gasteiger charge is 2.17. The molecule has 2 aromatic heterocycles. The molecule has 2 rings (SSSR count). The molecule has 0 unspecified atom stereocenters. The summed E-state index contributed by atoms with van der Waals surface area (Å²) in [4.78, 5) is 8.07. The molecule has 2 heterocycles. The molecule has 6 heteroatoms. The Morgan fingerprint density at radius 1 is 0.778 bits per heavy atom. The van der Waals surface area contributed by atoms with Gasteiger partial charge in [-0.15, -0.1) is 0 Å². The fourth-order valence-corrected chi connectivity index (χ4v) is 1.45. The Morgan fingerprint density at radius 3 is 1.50 bits per heavy atom. The van der Waals surface area contributed by atoms with Crippen LogP contribution in [0, 0.1) is 0 Å². The van der Waals surface area contributed by atoms with Crippen molar-refractivity contribution in [2.75, 3.05) is 0 Å². The largest absolute Gasteiger partial charge is 0.410 e. The van der Waals surface area contributed by atoms with Gasteiger partial charge in [0.15, 0.2) is 11.4 Å². The zero-order valence-corrected chi connectivity index (χ0v) is 9.30. The highest BCUT2D eigenvalue weighted by atomic mass is 16.4. The summed E-state index contributed by atoms with van der Waals surface area (Å²) in [5, 5.41) is 24.4. The number of aromatic nitrogens is 2. The Labute approximate surface area is 103 Å². The first-order valence-electron chi connectivity index (χ1n) is 5.14. The second-order valence-electron chi connectivity index (χ2n) is 3.33. The van der Waals surface area contributed by atoms with Gasteiger partial charge in [0.25, 0.3) is 0 Å². The average Bonchev–Trinajstić information content (AvgIpc) is 2.46. The van der Waals surface area contributed by atoms with Crippen LogP contribution in [0.25, 0.3) is 0 Å². The summed E-state index contributed by atoms with van der Waals surface area (Å²) in [5.41, 5.74) is 0.880. The number of hydrogen-bond donors (Lipinski definition) is 2. The molecule has 0 saturated carbocycles. The van der Waals surface area contributed by atoms with Crippen LogP contribution in [0.1, 0.15) is 11.4 Å². The van der Waals surface area contributed by atoms with E-state index in [1.165, 1.54) is 0 Å². The van der Waals surface area contributed by atoms with E-state index < -0.39 is 0 Å². The molecule has 2 N–H and O–H groups in total. The van der Waals surface area contributed by atoms with Gasteiger partial charge in [0.1, 0.15) is 0 Å². The molecule has 0 radical (unpaired) electrons. The van der Waals surface area contributed by atoms with Crippen LogP contribution in [0.3, 0.4) is 0 Å². The van der Waals surface area contributed by atoms with Crippen molar-refractivity contribution >= 4 is 11.4 Å². The van der Waals surface area contributed by atoms with Gasteiger partial charge in [-0.1, -0.05) is 22.4 Å². The highest BCUT2D eigenvalue weighted by Crippen LogP contribution is 2.05. The van der Waals surface area contributed by atoms with E-state index in [0.717, 1.165) is 0 Å². The van der Waals surface area contributed by atoms with Crippen LogP contribution in [0.2, 0.25) is 0 Å². The van der Waals surface area contributed by atoms with Crippen molar-refractivity contribution < 1.29 is 10.4 Å². The summed E-state index contributed by atoms with van der Waals surface area (Å²) in [5.74, 6) is 0. The van der Waals surface area contributed by atoms with E-state index in [1.54, 1.807) is 48.8 Å². The monoisotopic (exact) mass is 242 g/mol. The molecule has 0 saturated heterocycles. The Kier molecular flexibility index (Phi) is 3.60. The third-order valence-corrected chi connectivity index (χ3v) is 2.24. The molecule has 6 nitrogen and oxygen atoms in total. The van der Waals surface area contributed by atoms with Crippen molar-refractivity contribution in [3.63, 3.8) is 0 Å². The van der Waals surface area contributed by atoms with E-state index in [-0.39, 0.29) is 11.4 Å². The van der Waals surface area contributed by atoms with Crippen LogP contribution in [-0.4, -0.2) is 31.8 Å². The highest BCUT2D eigenvalue weighted by molar-refractivity contribution is 6.52. The van der Waals surface area contributed by atoms with Crippen molar-refractivity contribution in [1.82, 2.24) is 9.97 Å². The maximum atomic E-state index is 9.07. The molecule has 0 aliphatic carbocycles. The second kappa shape index (κ2) is 5.53. The van der Waals surface area contributed by atoms with Crippen LogP contribution in [0.5, 0.6) is 0 Å². The molecule has 0 aromatic carbocycles. The minimum Gasteiger partial charge on any atom is -0.410 e. The molecule has 90 valence electrons. The first-order valence-corrected chi connectivity index (χ1v) is 5.14. The zero-order valence-electron chi connectivity index (χ0n) is 9.30. The SMILES string of the molecule is O/N=C(/C(=N/O)c1ccccn1)c1ccccn1. The van der Waals surface area contributed by atoms with Gasteiger partial charge in [-0.2, -0.15) is 0 Å². The third-order valence-electron chi connectivity index (χ3n) is 2.24. The number of pyridine rings is 2. The van der Waals surface area contributed by atoms with Crippen LogP contribution < -0.4 is 0 Å². The van der Waals surface area contributed by atoms with Crippen LogP contribution in [0.15, 0.2) is 59.1 Å². The normalized spacial score (nSPS) is 12.4. The second-order valence-corrected chi connectivity index (χ2v) is 3.33. The summed E-state index contributed by atoms with van der Waals surface area (Å²) in [6.45, 7) is 0. The van der Waals surface area contributed by atoms with Crippen LogP contribution in [-0.2, 0) is 0 Å². The molecule has 2 aromatic rings. The van der Waals surface area contributed by atoms with E-state index in [4.69, 9.17) is 10.4 Å². The van der Waals surface area contributed by atoms with Gasteiger partial charge in [-0.25, -0.2) is 0 Å². The molecule has 18 heavy (non-hydrogen) atoms. The van der Waals surface area contributed by atoms with Crippen molar-refractivity contribution in [2.24, 2.45) is 10.3 Å². The number of rotatable bonds is 3. The van der Waals surface area contributed by atoms with Crippen LogP contribution in [0.4, 0.5) is 0 Å². The van der Waals surface area contributed by atoms with Crippen molar-refractivity contribution in [1.29, 1.82) is 0 Å². The predicted molar refractivity (Wildman–Crippen MR) is 65.1 cm³/mol. The number of oxime groups is 2. The average molecular weight is 242 g/mol. The molecular weight excluding hydrogens is 232 g/mol. The summed E-state index contributed by atoms with van der Waals surface area (Å²) >= 11 is 0. The number of hydrogen-bond acceptors (Lipinski definition) is 6. The fraction of sp³-hybridized carbons (Fsp3) is 0. The predicted octanol–water partition coefficient (Wildman–Crippen LogP) is 1.53. The topological polar surface area (TPSA) is 91.0 Å². The molecule has 0 fully saturated rings. The lowest BCUT2D eigenvalue weighted by atomic mass is 10.1. The van der Waals surface area contributed by atoms with E-state index in [0.29, 0.717) is 11.4 Å². The Balaban J connectivity index is 2.45. The minimum atomic E-state index is 0.0526. The molecule has 0 spiro atoms. The lowest BCUT2D eigenvalue weighted by Crippen LogP contribution is -2.19. The summed E-state index contributed by atoms with van der Waals surface area (Å²) < 4.78 is 0. The van der Waals surface area contributed by atoms with Gasteiger partial charge in [-0.05, 0) is 24.3 Å². The maximum Gasteiger partial charge on any atom is 0.159 e. The summed E-state index contributed by atoms with van der Waals surface area (Å²) in [6, 6.07) is 10.2. The maximum absolute atomic E-state index is 9.07. The van der Waals surface area contributed by atoms with Gasteiger partial charge in [0.05, 0.1) is 11.4 Å². The van der Waals surface area contributed by atoms with Crippen molar-refractivity contribution in [2.45, 2.75) is 0 Å². The third kappa shape index (κ3) is 2.32. The van der Waals surface area contributed by atoms with E-state index in [9.17, 15) is 0 Å². The van der Waals surface area contributed by atoms with E-state index >= 15 is 0 Å². The van der Waals surface area contributed by atoms with Crippen molar-refractivity contribution in [3.8, 4) is 0 Å². The Hall–Kier alpha value is -2.76. The van der Waals surface area contributed by atoms with Crippen LogP contribution >= 0.6 is 0 Å². The Bertz CT molecular complexity index is 514. The lowest BCUT2D eigenvalue weighted by molar-refractivity contribution is 0.314. The fourth-order valence-electron chi connectivity index (χ4n) is 1.45. The minimum absolute atomic E-state index is 0.0526. The smallest absolute Gasteiger partial charge is 0.159 e. The molecule has 0 aliphatic heterocycles. The standard InChI is InChI=1S/C12H10N4O2/c17-15-11(9-5-1-3-7-13-9)12(16-18)10-6-2-4-8-14-10/h1-8,17-18H/b15-11+,16-12+. The summed E-state index contributed by atoms with van der Waals surface area (Å²) in [7, 11) is 0.